The van der Waals surface area contributed by atoms with E-state index in [2.05, 4.69) is 16.8 Å². The van der Waals surface area contributed by atoms with Crippen molar-refractivity contribution in [3.8, 4) is 16.9 Å². The molecule has 0 aliphatic heterocycles. The quantitative estimate of drug-likeness (QED) is 0.188. The number of anilines is 1. The third-order valence-electron chi connectivity index (χ3n) is 6.19. The first-order valence-electron chi connectivity index (χ1n) is 12.6. The van der Waals surface area contributed by atoms with Gasteiger partial charge in [0.25, 0.3) is 0 Å². The van der Waals surface area contributed by atoms with Crippen LogP contribution in [0.25, 0.3) is 22.3 Å². The zero-order valence-corrected chi connectivity index (χ0v) is 21.5. The largest absolute Gasteiger partial charge is 0.511 e. The molecule has 0 saturated carbocycles. The molecule has 0 fully saturated rings. The maximum absolute atomic E-state index is 12.2. The average molecular weight is 501 g/mol. The van der Waals surface area contributed by atoms with Crippen LogP contribution in [-0.4, -0.2) is 31.7 Å². The van der Waals surface area contributed by atoms with Gasteiger partial charge in [-0.3, -0.25) is 4.79 Å². The molecule has 0 unspecified atom stereocenters. The SMILES string of the molecule is CCCCc1nc2cc(NC(=O)CCC)c(C)nc2n1Cc1ccc(-c2ccccc2OC(=O)O)cc1. The summed E-state index contributed by atoms with van der Waals surface area (Å²) < 4.78 is 7.09. The van der Waals surface area contributed by atoms with Crippen molar-refractivity contribution in [1.29, 1.82) is 0 Å². The van der Waals surface area contributed by atoms with Gasteiger partial charge in [0, 0.05) is 18.4 Å². The van der Waals surface area contributed by atoms with Gasteiger partial charge in [0.15, 0.2) is 5.65 Å². The first kappa shape index (κ1) is 25.9. The van der Waals surface area contributed by atoms with Crippen LogP contribution in [0, 0.1) is 6.92 Å². The number of imidazole rings is 1. The van der Waals surface area contributed by atoms with E-state index in [0.29, 0.717) is 30.0 Å². The van der Waals surface area contributed by atoms with Crippen LogP contribution < -0.4 is 10.1 Å². The number of ether oxygens (including phenoxy) is 1. The Morgan fingerprint density at radius 3 is 2.49 bits per heavy atom. The summed E-state index contributed by atoms with van der Waals surface area (Å²) >= 11 is 0. The molecule has 37 heavy (non-hydrogen) atoms. The lowest BCUT2D eigenvalue weighted by Crippen LogP contribution is -2.12. The summed E-state index contributed by atoms with van der Waals surface area (Å²) in [7, 11) is 0. The molecule has 0 atom stereocenters. The first-order chi connectivity index (χ1) is 17.9. The number of aryl methyl sites for hydroxylation is 2. The fourth-order valence-corrected chi connectivity index (χ4v) is 4.30. The summed E-state index contributed by atoms with van der Waals surface area (Å²) in [6.45, 7) is 6.62. The second-order valence-corrected chi connectivity index (χ2v) is 9.04. The smallest absolute Gasteiger partial charge is 0.449 e. The van der Waals surface area contributed by atoms with E-state index in [4.69, 9.17) is 19.8 Å². The number of aromatic nitrogens is 3. The highest BCUT2D eigenvalue weighted by Crippen LogP contribution is 2.30. The molecule has 2 heterocycles. The Balaban J connectivity index is 1.65. The zero-order chi connectivity index (χ0) is 26.4. The fourth-order valence-electron chi connectivity index (χ4n) is 4.30. The lowest BCUT2D eigenvalue weighted by molar-refractivity contribution is -0.116. The number of unbranched alkanes of at least 4 members (excludes halogenated alkanes) is 1. The van der Waals surface area contributed by atoms with Gasteiger partial charge in [-0.25, -0.2) is 14.8 Å². The van der Waals surface area contributed by atoms with Gasteiger partial charge in [-0.1, -0.05) is 62.7 Å². The van der Waals surface area contributed by atoms with Crippen LogP contribution in [0.4, 0.5) is 10.5 Å². The van der Waals surface area contributed by atoms with Gasteiger partial charge in [0.1, 0.15) is 17.1 Å². The van der Waals surface area contributed by atoms with Crippen molar-refractivity contribution in [2.75, 3.05) is 5.32 Å². The van der Waals surface area contributed by atoms with E-state index in [9.17, 15) is 9.59 Å². The average Bonchev–Trinajstić information content (AvgIpc) is 3.19. The van der Waals surface area contributed by atoms with Crippen LogP contribution in [0.2, 0.25) is 0 Å². The molecule has 2 aromatic carbocycles. The van der Waals surface area contributed by atoms with Crippen molar-refractivity contribution in [1.82, 2.24) is 14.5 Å². The Morgan fingerprint density at radius 2 is 1.78 bits per heavy atom. The minimum atomic E-state index is -1.34. The molecule has 8 nitrogen and oxygen atoms in total. The molecule has 0 aliphatic carbocycles. The van der Waals surface area contributed by atoms with Gasteiger partial charge in [-0.05, 0) is 43.0 Å². The Bertz CT molecular complexity index is 1410. The minimum Gasteiger partial charge on any atom is -0.449 e. The number of hydrogen-bond acceptors (Lipinski definition) is 5. The number of fused-ring (bicyclic) bond motifs is 1. The Hall–Kier alpha value is -4.20. The van der Waals surface area contributed by atoms with Crippen LogP contribution >= 0.6 is 0 Å². The Morgan fingerprint density at radius 1 is 1.03 bits per heavy atom. The summed E-state index contributed by atoms with van der Waals surface area (Å²) in [6.07, 6.45) is 2.82. The Kier molecular flexibility index (Phi) is 8.18. The van der Waals surface area contributed by atoms with Gasteiger partial charge >= 0.3 is 6.16 Å². The first-order valence-corrected chi connectivity index (χ1v) is 12.6. The normalized spacial score (nSPS) is 11.0. The second-order valence-electron chi connectivity index (χ2n) is 9.04. The van der Waals surface area contributed by atoms with E-state index in [1.807, 2.05) is 56.3 Å². The fraction of sp³-hybridized carbons (Fsp3) is 0.310. The number of para-hydroxylation sites is 1. The van der Waals surface area contributed by atoms with Crippen LogP contribution in [0.15, 0.2) is 54.6 Å². The molecule has 0 aliphatic rings. The summed E-state index contributed by atoms with van der Waals surface area (Å²) in [5, 5.41) is 12.0. The van der Waals surface area contributed by atoms with Crippen LogP contribution in [0.3, 0.4) is 0 Å². The molecule has 0 bridgehead atoms. The zero-order valence-electron chi connectivity index (χ0n) is 21.5. The number of pyridine rings is 1. The summed E-state index contributed by atoms with van der Waals surface area (Å²) in [5.74, 6) is 1.24. The number of hydrogen-bond donors (Lipinski definition) is 2. The molecule has 0 saturated heterocycles. The molecule has 2 N–H and O–H groups in total. The summed E-state index contributed by atoms with van der Waals surface area (Å²) in [5.41, 5.74) is 5.65. The number of carboxylic acid groups (broad SMARTS) is 1. The van der Waals surface area contributed by atoms with E-state index in [1.165, 1.54) is 0 Å². The van der Waals surface area contributed by atoms with E-state index >= 15 is 0 Å². The van der Waals surface area contributed by atoms with Crippen molar-refractivity contribution < 1.29 is 19.4 Å². The molecule has 8 heteroatoms. The highest BCUT2D eigenvalue weighted by Gasteiger charge is 2.16. The highest BCUT2D eigenvalue weighted by molar-refractivity contribution is 5.93. The van der Waals surface area contributed by atoms with Crippen molar-refractivity contribution >= 4 is 28.9 Å². The van der Waals surface area contributed by atoms with Gasteiger partial charge in [-0.2, -0.15) is 0 Å². The van der Waals surface area contributed by atoms with Gasteiger partial charge in [0.2, 0.25) is 5.91 Å². The lowest BCUT2D eigenvalue weighted by Gasteiger charge is -2.12. The standard InChI is InChI=1S/C29H32N4O4/c1-4-6-12-26-31-24-17-23(32-27(34)9-5-2)19(3)30-28(24)33(26)18-20-13-15-21(16-14-20)22-10-7-8-11-25(22)37-29(35)36/h7-8,10-11,13-17H,4-6,9,12,18H2,1-3H3,(H,32,34)(H,35,36). The molecule has 0 radical (unpaired) electrons. The molecule has 0 spiro atoms. The molecular weight excluding hydrogens is 468 g/mol. The number of amides is 1. The second kappa shape index (κ2) is 11.7. The monoisotopic (exact) mass is 500 g/mol. The number of benzene rings is 2. The molecule has 192 valence electrons. The number of carbonyl (C=O) groups excluding carboxylic acids is 1. The van der Waals surface area contributed by atoms with Crippen LogP contribution in [-0.2, 0) is 17.8 Å². The topological polar surface area (TPSA) is 106 Å². The summed E-state index contributed by atoms with van der Waals surface area (Å²) in [4.78, 5) is 32.9. The van der Waals surface area contributed by atoms with Gasteiger partial charge < -0.3 is 19.7 Å². The minimum absolute atomic E-state index is 0.0205. The van der Waals surface area contributed by atoms with Gasteiger partial charge in [-0.15, -0.1) is 0 Å². The highest BCUT2D eigenvalue weighted by atomic mass is 16.7. The predicted octanol–water partition coefficient (Wildman–Crippen LogP) is 6.59. The molecule has 2 aromatic heterocycles. The van der Waals surface area contributed by atoms with E-state index in [-0.39, 0.29) is 5.91 Å². The third-order valence-corrected chi connectivity index (χ3v) is 6.19. The maximum atomic E-state index is 12.2. The number of carbonyl (C=O) groups is 2. The van der Waals surface area contributed by atoms with Crippen LogP contribution in [0.5, 0.6) is 5.75 Å². The lowest BCUT2D eigenvalue weighted by atomic mass is 10.0. The van der Waals surface area contributed by atoms with Crippen molar-refractivity contribution in [3.63, 3.8) is 0 Å². The van der Waals surface area contributed by atoms with Crippen molar-refractivity contribution in [3.05, 3.63) is 71.7 Å². The van der Waals surface area contributed by atoms with Gasteiger partial charge in [0.05, 0.1) is 17.9 Å². The Labute approximate surface area is 216 Å². The van der Waals surface area contributed by atoms with E-state index in [1.54, 1.807) is 12.1 Å². The molecule has 1 amide bonds. The predicted molar refractivity (Wildman–Crippen MR) is 144 cm³/mol. The molecule has 4 rings (SSSR count). The molecule has 4 aromatic rings. The van der Waals surface area contributed by atoms with Crippen molar-refractivity contribution in [2.24, 2.45) is 0 Å². The van der Waals surface area contributed by atoms with Crippen LogP contribution in [0.1, 0.15) is 56.6 Å². The third kappa shape index (κ3) is 6.14. The maximum Gasteiger partial charge on any atom is 0.511 e. The van der Waals surface area contributed by atoms with E-state index in [0.717, 1.165) is 59.5 Å². The number of nitrogens with one attached hydrogen (secondary N) is 1. The number of rotatable bonds is 10. The van der Waals surface area contributed by atoms with Crippen molar-refractivity contribution in [2.45, 2.75) is 59.4 Å². The number of nitrogens with zero attached hydrogens (tertiary/aromatic N) is 3. The van der Waals surface area contributed by atoms with E-state index < -0.39 is 6.16 Å². The summed E-state index contributed by atoms with van der Waals surface area (Å²) in [6, 6.07) is 17.0. The molecular formula is C29H32N4O4.